The second-order valence-corrected chi connectivity index (χ2v) is 5.65. The number of guanidine groups is 1. The minimum Gasteiger partial charge on any atom is -0.383 e. The van der Waals surface area contributed by atoms with Gasteiger partial charge in [-0.1, -0.05) is 6.92 Å². The van der Waals surface area contributed by atoms with Crippen molar-refractivity contribution >= 4 is 29.9 Å². The SMILES string of the molecule is COCC(C)NC(N)=NCCCN1CCC(C)CC1.I. The van der Waals surface area contributed by atoms with Gasteiger partial charge in [-0.05, 0) is 51.7 Å². The van der Waals surface area contributed by atoms with E-state index < -0.39 is 0 Å². The lowest BCUT2D eigenvalue weighted by Crippen LogP contribution is -2.40. The summed E-state index contributed by atoms with van der Waals surface area (Å²) in [7, 11) is 1.69. The number of likely N-dealkylation sites (tertiary alicyclic amines) is 1. The molecule has 1 rings (SSSR count). The summed E-state index contributed by atoms with van der Waals surface area (Å²) in [5.41, 5.74) is 5.81. The standard InChI is InChI=1S/C14H30N4O.HI/c1-12-5-9-18(10-6-12)8-4-7-16-14(15)17-13(2)11-19-3;/h12-13H,4-11H2,1-3H3,(H3,15,16,17);1H. The summed E-state index contributed by atoms with van der Waals surface area (Å²) in [6.45, 7) is 9.42. The van der Waals surface area contributed by atoms with E-state index in [1.807, 2.05) is 6.92 Å². The van der Waals surface area contributed by atoms with E-state index in [1.54, 1.807) is 7.11 Å². The van der Waals surface area contributed by atoms with E-state index in [1.165, 1.54) is 25.9 Å². The Morgan fingerprint density at radius 2 is 2.10 bits per heavy atom. The summed E-state index contributed by atoms with van der Waals surface area (Å²) in [5, 5.41) is 3.11. The lowest BCUT2D eigenvalue weighted by molar-refractivity contribution is 0.179. The van der Waals surface area contributed by atoms with E-state index in [-0.39, 0.29) is 30.0 Å². The molecule has 20 heavy (non-hydrogen) atoms. The molecule has 1 heterocycles. The molecule has 0 aromatic carbocycles. The summed E-state index contributed by atoms with van der Waals surface area (Å²) in [5.74, 6) is 1.42. The molecule has 1 aliphatic heterocycles. The number of nitrogens with one attached hydrogen (secondary N) is 1. The van der Waals surface area contributed by atoms with Crippen molar-refractivity contribution in [3.63, 3.8) is 0 Å². The van der Waals surface area contributed by atoms with Gasteiger partial charge in [0.15, 0.2) is 5.96 Å². The zero-order valence-electron chi connectivity index (χ0n) is 13.1. The zero-order valence-corrected chi connectivity index (χ0v) is 15.4. The summed E-state index contributed by atoms with van der Waals surface area (Å²) < 4.78 is 5.04. The predicted octanol–water partition coefficient (Wildman–Crippen LogP) is 1.67. The normalized spacial score (nSPS) is 19.4. The molecule has 0 radical (unpaired) electrons. The van der Waals surface area contributed by atoms with E-state index in [9.17, 15) is 0 Å². The van der Waals surface area contributed by atoms with Gasteiger partial charge in [0.25, 0.3) is 0 Å². The van der Waals surface area contributed by atoms with Gasteiger partial charge in [-0.2, -0.15) is 0 Å². The molecule has 1 unspecified atom stereocenters. The fourth-order valence-corrected chi connectivity index (χ4v) is 2.37. The average molecular weight is 398 g/mol. The molecule has 5 nitrogen and oxygen atoms in total. The van der Waals surface area contributed by atoms with E-state index in [2.05, 4.69) is 22.1 Å². The Balaban J connectivity index is 0.00000361. The van der Waals surface area contributed by atoms with Crippen molar-refractivity contribution in [2.24, 2.45) is 16.6 Å². The Kier molecular flexibility index (Phi) is 11.5. The maximum atomic E-state index is 5.81. The van der Waals surface area contributed by atoms with Crippen molar-refractivity contribution in [2.75, 3.05) is 39.9 Å². The zero-order chi connectivity index (χ0) is 14.1. The highest BCUT2D eigenvalue weighted by Gasteiger charge is 2.14. The van der Waals surface area contributed by atoms with Gasteiger partial charge in [0.1, 0.15) is 0 Å². The molecule has 1 fully saturated rings. The molecular formula is C14H31IN4O. The highest BCUT2D eigenvalue weighted by Crippen LogP contribution is 2.15. The minimum atomic E-state index is 0. The molecule has 1 atom stereocenters. The second kappa shape index (κ2) is 11.6. The molecule has 3 N–H and O–H groups in total. The quantitative estimate of drug-likeness (QED) is 0.296. The smallest absolute Gasteiger partial charge is 0.188 e. The predicted molar refractivity (Wildman–Crippen MR) is 95.8 cm³/mol. The molecule has 0 spiro atoms. The number of nitrogens with zero attached hydrogens (tertiary/aromatic N) is 2. The third kappa shape index (κ3) is 8.97. The van der Waals surface area contributed by atoms with E-state index in [4.69, 9.17) is 10.5 Å². The summed E-state index contributed by atoms with van der Waals surface area (Å²) in [6.07, 6.45) is 3.75. The van der Waals surface area contributed by atoms with Crippen LogP contribution in [0.25, 0.3) is 0 Å². The van der Waals surface area contributed by atoms with Gasteiger partial charge in [-0.15, -0.1) is 24.0 Å². The van der Waals surface area contributed by atoms with Crippen LogP contribution in [-0.2, 0) is 4.74 Å². The fraction of sp³-hybridized carbons (Fsp3) is 0.929. The van der Waals surface area contributed by atoms with Crippen LogP contribution in [0.3, 0.4) is 0 Å². The molecule has 0 saturated carbocycles. The lowest BCUT2D eigenvalue weighted by atomic mass is 9.99. The Labute approximate surface area is 140 Å². The molecule has 0 aromatic rings. The first-order chi connectivity index (χ1) is 9.11. The van der Waals surface area contributed by atoms with Gasteiger partial charge in [0.2, 0.25) is 0 Å². The largest absolute Gasteiger partial charge is 0.383 e. The first-order valence-electron chi connectivity index (χ1n) is 7.39. The molecule has 1 aliphatic rings. The van der Waals surface area contributed by atoms with Crippen molar-refractivity contribution in [2.45, 2.75) is 39.2 Å². The second-order valence-electron chi connectivity index (χ2n) is 5.65. The Morgan fingerprint density at radius 1 is 1.45 bits per heavy atom. The lowest BCUT2D eigenvalue weighted by Gasteiger charge is -2.29. The minimum absolute atomic E-state index is 0. The number of hydrogen-bond acceptors (Lipinski definition) is 3. The van der Waals surface area contributed by atoms with Gasteiger partial charge < -0.3 is 20.7 Å². The van der Waals surface area contributed by atoms with Gasteiger partial charge in [0.05, 0.1) is 6.61 Å². The third-order valence-electron chi connectivity index (χ3n) is 3.60. The molecule has 0 aromatic heterocycles. The number of aliphatic imine (C=N–C) groups is 1. The molecule has 6 heteroatoms. The summed E-state index contributed by atoms with van der Waals surface area (Å²) in [6, 6.07) is 0.206. The van der Waals surface area contributed by atoms with Crippen LogP contribution in [-0.4, -0.2) is 56.8 Å². The van der Waals surface area contributed by atoms with Crippen molar-refractivity contribution in [3.05, 3.63) is 0 Å². The van der Waals surface area contributed by atoms with Crippen molar-refractivity contribution in [1.29, 1.82) is 0 Å². The van der Waals surface area contributed by atoms with Crippen molar-refractivity contribution in [3.8, 4) is 0 Å². The summed E-state index contributed by atoms with van der Waals surface area (Å²) >= 11 is 0. The first-order valence-corrected chi connectivity index (χ1v) is 7.39. The Morgan fingerprint density at radius 3 is 2.70 bits per heavy atom. The van der Waals surface area contributed by atoms with Crippen molar-refractivity contribution in [1.82, 2.24) is 10.2 Å². The number of rotatable bonds is 7. The van der Waals surface area contributed by atoms with E-state index in [0.29, 0.717) is 12.6 Å². The van der Waals surface area contributed by atoms with Crippen LogP contribution in [0.2, 0.25) is 0 Å². The highest BCUT2D eigenvalue weighted by atomic mass is 127. The van der Waals surface area contributed by atoms with Crippen LogP contribution < -0.4 is 11.1 Å². The van der Waals surface area contributed by atoms with Crippen LogP contribution >= 0.6 is 24.0 Å². The van der Waals surface area contributed by atoms with Gasteiger partial charge in [-0.3, -0.25) is 4.99 Å². The Bertz CT molecular complexity index is 268. The number of nitrogens with two attached hydrogens (primary N) is 1. The maximum absolute atomic E-state index is 5.81. The molecular weight excluding hydrogens is 367 g/mol. The molecule has 120 valence electrons. The molecule has 0 amide bonds. The monoisotopic (exact) mass is 398 g/mol. The van der Waals surface area contributed by atoms with E-state index in [0.717, 1.165) is 25.4 Å². The number of ether oxygens (including phenoxy) is 1. The topological polar surface area (TPSA) is 62.9 Å². The third-order valence-corrected chi connectivity index (χ3v) is 3.60. The van der Waals surface area contributed by atoms with Crippen LogP contribution in [0.4, 0.5) is 0 Å². The number of piperidine rings is 1. The Hall–Kier alpha value is -0.0800. The van der Waals surface area contributed by atoms with Crippen LogP contribution in [0.15, 0.2) is 4.99 Å². The van der Waals surface area contributed by atoms with Gasteiger partial charge in [-0.25, -0.2) is 0 Å². The first kappa shape index (κ1) is 19.9. The van der Waals surface area contributed by atoms with E-state index >= 15 is 0 Å². The molecule has 0 bridgehead atoms. The highest BCUT2D eigenvalue weighted by molar-refractivity contribution is 14.0. The fourth-order valence-electron chi connectivity index (χ4n) is 2.37. The summed E-state index contributed by atoms with van der Waals surface area (Å²) in [4.78, 5) is 6.88. The number of halogens is 1. The number of methoxy groups -OCH3 is 1. The van der Waals surface area contributed by atoms with Crippen molar-refractivity contribution < 1.29 is 4.74 Å². The van der Waals surface area contributed by atoms with Crippen LogP contribution in [0.5, 0.6) is 0 Å². The maximum Gasteiger partial charge on any atom is 0.188 e. The molecule has 0 aliphatic carbocycles. The van der Waals surface area contributed by atoms with Crippen LogP contribution in [0, 0.1) is 5.92 Å². The van der Waals surface area contributed by atoms with Gasteiger partial charge >= 0.3 is 0 Å². The molecule has 1 saturated heterocycles. The number of hydrogen-bond donors (Lipinski definition) is 2. The average Bonchev–Trinajstić information content (AvgIpc) is 2.37. The van der Waals surface area contributed by atoms with Crippen LogP contribution in [0.1, 0.15) is 33.1 Å². The van der Waals surface area contributed by atoms with Gasteiger partial charge in [0, 0.05) is 19.7 Å².